The SMILES string of the molecule is CCn1c(COCc2ccccc2)nn(-c2cc3c(C(C)C(F)(F)F)nn(-c4ccccc4C)c(=O)c3cc2F)c1=O.Cc1ccccc1-n1nc(C(C)C(F)(F)F)c2cc(F)c(F)cc2c1=O. The number of nitrogens with zero attached hydrogens (tertiary/aromatic N) is 7. The van der Waals surface area contributed by atoms with E-state index in [4.69, 9.17) is 4.74 Å². The van der Waals surface area contributed by atoms with Crippen LogP contribution in [0.1, 0.15) is 66.5 Å². The van der Waals surface area contributed by atoms with Gasteiger partial charge in [-0.15, -0.1) is 5.10 Å². The third-order valence-corrected chi connectivity index (χ3v) is 11.3. The van der Waals surface area contributed by atoms with Crippen LogP contribution in [0.3, 0.4) is 0 Å². The van der Waals surface area contributed by atoms with E-state index in [-0.39, 0.29) is 58.5 Å². The van der Waals surface area contributed by atoms with Gasteiger partial charge >= 0.3 is 18.0 Å². The number of hydrogen-bond donors (Lipinski definition) is 0. The third-order valence-electron chi connectivity index (χ3n) is 11.3. The first-order chi connectivity index (χ1) is 32.1. The van der Waals surface area contributed by atoms with Crippen molar-refractivity contribution in [2.75, 3.05) is 0 Å². The maximum Gasteiger partial charge on any atom is 0.397 e. The minimum Gasteiger partial charge on any atom is -0.369 e. The molecule has 2 atom stereocenters. The number of alkyl halides is 6. The highest BCUT2D eigenvalue weighted by molar-refractivity contribution is 5.87. The summed E-state index contributed by atoms with van der Waals surface area (Å²) in [5.74, 6) is -7.65. The third kappa shape index (κ3) is 9.58. The molecule has 0 aliphatic rings. The maximum atomic E-state index is 15.6. The van der Waals surface area contributed by atoms with Gasteiger partial charge in [-0.3, -0.25) is 14.2 Å². The van der Waals surface area contributed by atoms with E-state index in [0.717, 1.165) is 45.6 Å². The van der Waals surface area contributed by atoms with Gasteiger partial charge in [-0.2, -0.15) is 50.6 Å². The standard InChI is InChI=1S/C30H27F4N5O3.C18H13F5N2O/c1-4-37-26(17-42-16-20-11-6-5-7-12-20)35-39(29(37)41)25-15-21-22(14-23(25)31)28(40)38(24-13-9-8-10-18(24)2)36-27(21)19(3)30(32,33)34;1-9-5-3-4-6-15(9)25-17(26)12-8-14(20)13(19)7-11(12)16(24-25)10(2)18(21,22)23/h5-15,19H,4,16-17H2,1-3H3;3-8,10H,1-2H3. The van der Waals surface area contributed by atoms with Gasteiger partial charge in [-0.25, -0.2) is 18.0 Å². The van der Waals surface area contributed by atoms with Crippen LogP contribution in [0.15, 0.2) is 118 Å². The second-order valence-electron chi connectivity index (χ2n) is 15.8. The molecular formula is C48H40F9N7O4. The summed E-state index contributed by atoms with van der Waals surface area (Å²) in [7, 11) is 0. The largest absolute Gasteiger partial charge is 0.397 e. The number of hydrogen-bond acceptors (Lipinski definition) is 7. The van der Waals surface area contributed by atoms with Crippen molar-refractivity contribution in [2.45, 2.75) is 78.6 Å². The Labute approximate surface area is 380 Å². The minimum absolute atomic E-state index is 0.0702. The maximum absolute atomic E-state index is 15.6. The zero-order valence-corrected chi connectivity index (χ0v) is 36.8. The molecule has 68 heavy (non-hydrogen) atoms. The molecule has 11 nitrogen and oxygen atoms in total. The number of rotatable bonds is 10. The van der Waals surface area contributed by atoms with Crippen molar-refractivity contribution in [3.05, 3.63) is 186 Å². The molecule has 0 amide bonds. The van der Waals surface area contributed by atoms with Crippen molar-refractivity contribution in [2.24, 2.45) is 0 Å². The van der Waals surface area contributed by atoms with E-state index in [2.05, 4.69) is 15.3 Å². The van der Waals surface area contributed by atoms with Gasteiger partial charge in [-0.05, 0) is 87.7 Å². The molecule has 0 spiro atoms. The van der Waals surface area contributed by atoms with Gasteiger partial charge in [0.2, 0.25) is 0 Å². The highest BCUT2D eigenvalue weighted by Crippen LogP contribution is 2.38. The van der Waals surface area contributed by atoms with E-state index in [1.807, 2.05) is 30.3 Å². The fraction of sp³-hybridized carbons (Fsp3) is 0.250. The van der Waals surface area contributed by atoms with Crippen molar-refractivity contribution in [1.29, 1.82) is 0 Å². The first kappa shape index (κ1) is 48.6. The van der Waals surface area contributed by atoms with Crippen molar-refractivity contribution >= 4 is 21.5 Å². The average Bonchev–Trinajstić information content (AvgIpc) is 3.61. The molecule has 3 aromatic heterocycles. The summed E-state index contributed by atoms with van der Waals surface area (Å²) in [5, 5.41) is 11.0. The quantitative estimate of drug-likeness (QED) is 0.125. The Morgan fingerprint density at radius 3 is 1.46 bits per heavy atom. The number of fused-ring (bicyclic) bond motifs is 2. The van der Waals surface area contributed by atoms with Crippen LogP contribution in [0.2, 0.25) is 0 Å². The van der Waals surface area contributed by atoms with Crippen LogP contribution in [0, 0.1) is 31.3 Å². The first-order valence-corrected chi connectivity index (χ1v) is 20.9. The van der Waals surface area contributed by atoms with Gasteiger partial charge in [0, 0.05) is 17.3 Å². The second-order valence-corrected chi connectivity index (χ2v) is 15.8. The second kappa shape index (κ2) is 19.1. The van der Waals surface area contributed by atoms with E-state index in [9.17, 15) is 49.5 Å². The molecular weight excluding hydrogens is 910 g/mol. The highest BCUT2D eigenvalue weighted by atomic mass is 19.4. The molecule has 0 aliphatic heterocycles. The van der Waals surface area contributed by atoms with Crippen molar-refractivity contribution in [3.63, 3.8) is 0 Å². The molecule has 0 fully saturated rings. The molecule has 8 aromatic rings. The smallest absolute Gasteiger partial charge is 0.369 e. The van der Waals surface area contributed by atoms with Crippen molar-refractivity contribution in [1.82, 2.24) is 33.9 Å². The number of halogens is 9. The van der Waals surface area contributed by atoms with Gasteiger partial charge in [0.05, 0.1) is 52.0 Å². The number of para-hydroxylation sites is 2. The summed E-state index contributed by atoms with van der Waals surface area (Å²) < 4.78 is 134. The van der Waals surface area contributed by atoms with Gasteiger partial charge in [0.15, 0.2) is 17.5 Å². The monoisotopic (exact) mass is 949 g/mol. The summed E-state index contributed by atoms with van der Waals surface area (Å²) in [5.41, 5.74) is -1.17. The predicted octanol–water partition coefficient (Wildman–Crippen LogP) is 10.2. The molecule has 354 valence electrons. The Hall–Kier alpha value is -7.35. The van der Waals surface area contributed by atoms with Crippen LogP contribution in [-0.4, -0.2) is 46.3 Å². The number of aryl methyl sites for hydroxylation is 2. The Morgan fingerprint density at radius 1 is 0.544 bits per heavy atom. The van der Waals surface area contributed by atoms with E-state index in [0.29, 0.717) is 23.3 Å². The molecule has 0 saturated carbocycles. The average molecular weight is 950 g/mol. The lowest BCUT2D eigenvalue weighted by molar-refractivity contribution is -0.147. The zero-order valence-electron chi connectivity index (χ0n) is 36.8. The van der Waals surface area contributed by atoms with E-state index < -0.39 is 75.5 Å². The molecule has 0 radical (unpaired) electrons. The zero-order chi connectivity index (χ0) is 49.4. The Morgan fingerprint density at radius 2 is 0.985 bits per heavy atom. The Kier molecular flexibility index (Phi) is 13.6. The summed E-state index contributed by atoms with van der Waals surface area (Å²) in [6.45, 7) is 7.18. The molecule has 8 rings (SSSR count). The first-order valence-electron chi connectivity index (χ1n) is 20.9. The molecule has 0 aliphatic carbocycles. The summed E-state index contributed by atoms with van der Waals surface area (Å²) in [6, 6.07) is 25.4. The Balaban J connectivity index is 0.000000225. The molecule has 0 saturated heterocycles. The van der Waals surface area contributed by atoms with E-state index >= 15 is 4.39 Å². The number of aromatic nitrogens is 7. The lowest BCUT2D eigenvalue weighted by atomic mass is 10.00. The molecule has 0 bridgehead atoms. The van der Waals surface area contributed by atoms with Gasteiger partial charge in [0.1, 0.15) is 18.1 Å². The molecule has 0 N–H and O–H groups in total. The van der Waals surface area contributed by atoms with Crippen LogP contribution >= 0.6 is 0 Å². The van der Waals surface area contributed by atoms with Crippen LogP contribution < -0.4 is 16.8 Å². The molecule has 3 heterocycles. The predicted molar refractivity (Wildman–Crippen MR) is 235 cm³/mol. The van der Waals surface area contributed by atoms with Crippen LogP contribution in [0.25, 0.3) is 38.6 Å². The van der Waals surface area contributed by atoms with Crippen molar-refractivity contribution < 1.29 is 44.3 Å². The van der Waals surface area contributed by atoms with Gasteiger partial charge in [0.25, 0.3) is 11.1 Å². The fourth-order valence-corrected chi connectivity index (χ4v) is 7.42. The summed E-state index contributed by atoms with van der Waals surface area (Å²) >= 11 is 0. The van der Waals surface area contributed by atoms with Crippen molar-refractivity contribution in [3.8, 4) is 17.1 Å². The summed E-state index contributed by atoms with van der Waals surface area (Å²) in [4.78, 5) is 39.4. The number of ether oxygens (including phenoxy) is 1. The van der Waals surface area contributed by atoms with Gasteiger partial charge < -0.3 is 4.74 Å². The lowest BCUT2D eigenvalue weighted by Gasteiger charge is -2.19. The normalized spacial score (nSPS) is 12.9. The highest BCUT2D eigenvalue weighted by Gasteiger charge is 2.41. The molecule has 5 aromatic carbocycles. The number of benzene rings is 5. The van der Waals surface area contributed by atoms with Crippen LogP contribution in [0.5, 0.6) is 0 Å². The summed E-state index contributed by atoms with van der Waals surface area (Å²) in [6.07, 6.45) is -9.38. The lowest BCUT2D eigenvalue weighted by Crippen LogP contribution is -2.28. The van der Waals surface area contributed by atoms with Gasteiger partial charge in [-0.1, -0.05) is 66.7 Å². The fourth-order valence-electron chi connectivity index (χ4n) is 7.42. The van der Waals surface area contributed by atoms with E-state index in [1.165, 1.54) is 10.6 Å². The Bertz CT molecular complexity index is 3360. The minimum atomic E-state index is -4.72. The van der Waals surface area contributed by atoms with Crippen LogP contribution in [0.4, 0.5) is 39.5 Å². The molecule has 20 heteroatoms. The van der Waals surface area contributed by atoms with E-state index in [1.54, 1.807) is 63.2 Å². The topological polar surface area (TPSA) is 119 Å². The molecule has 2 unspecified atom stereocenters. The van der Waals surface area contributed by atoms with Crippen LogP contribution in [-0.2, 0) is 24.5 Å².